The Morgan fingerprint density at radius 2 is 2.03 bits per heavy atom. The number of carbonyl (C=O) groups excluding carboxylic acids is 1. The van der Waals surface area contributed by atoms with Crippen LogP contribution in [0.5, 0.6) is 0 Å². The third-order valence-corrected chi connectivity index (χ3v) is 6.73. The summed E-state index contributed by atoms with van der Waals surface area (Å²) in [6.07, 6.45) is 4.38. The quantitative estimate of drug-likeness (QED) is 0.284. The summed E-state index contributed by atoms with van der Waals surface area (Å²) in [5, 5.41) is 15.7. The number of methoxy groups -OCH3 is 1. The van der Waals surface area contributed by atoms with Crippen LogP contribution in [0.15, 0.2) is 30.3 Å². The van der Waals surface area contributed by atoms with Gasteiger partial charge in [-0.05, 0) is 75.8 Å². The van der Waals surface area contributed by atoms with E-state index in [4.69, 9.17) is 9.72 Å². The second-order valence-electron chi connectivity index (χ2n) is 9.80. The minimum Gasteiger partial charge on any atom is -0.480 e. The van der Waals surface area contributed by atoms with Gasteiger partial charge in [-0.25, -0.2) is 14.2 Å². The number of anilines is 1. The van der Waals surface area contributed by atoms with E-state index < -0.39 is 30.7 Å². The Hall–Kier alpha value is -3.11. The lowest BCUT2D eigenvalue weighted by molar-refractivity contribution is -0.142. The van der Waals surface area contributed by atoms with Crippen LogP contribution < -0.4 is 10.6 Å². The van der Waals surface area contributed by atoms with Crippen molar-refractivity contribution in [2.24, 2.45) is 0 Å². The maximum atomic E-state index is 13.4. The van der Waals surface area contributed by atoms with E-state index in [1.807, 2.05) is 24.0 Å². The molecule has 0 saturated heterocycles. The molecule has 0 aromatic carbocycles. The monoisotopic (exact) mass is 529 g/mol. The summed E-state index contributed by atoms with van der Waals surface area (Å²) in [4.78, 5) is 35.4. The number of aliphatic carboxylic acids is 1. The number of fused-ring (bicyclic) bond motifs is 1. The third kappa shape index (κ3) is 9.64. The van der Waals surface area contributed by atoms with Crippen LogP contribution in [0.3, 0.4) is 0 Å². The van der Waals surface area contributed by atoms with Crippen molar-refractivity contribution < 1.29 is 23.8 Å². The molecular formula is C28H40FN5O4. The molecule has 10 heteroatoms. The zero-order valence-electron chi connectivity index (χ0n) is 22.4. The molecule has 2 unspecified atom stereocenters. The van der Waals surface area contributed by atoms with Crippen LogP contribution in [-0.4, -0.2) is 84.0 Å². The summed E-state index contributed by atoms with van der Waals surface area (Å²) >= 11 is 0. The van der Waals surface area contributed by atoms with Gasteiger partial charge in [0.1, 0.15) is 18.5 Å². The van der Waals surface area contributed by atoms with Crippen LogP contribution in [0.4, 0.5) is 10.2 Å². The van der Waals surface area contributed by atoms with E-state index in [2.05, 4.69) is 27.8 Å². The summed E-state index contributed by atoms with van der Waals surface area (Å²) in [6, 6.07) is 8.57. The highest BCUT2D eigenvalue weighted by Gasteiger charge is 2.22. The molecule has 3 heterocycles. The number of pyridine rings is 2. The third-order valence-electron chi connectivity index (χ3n) is 6.73. The van der Waals surface area contributed by atoms with E-state index in [1.165, 1.54) is 12.7 Å². The summed E-state index contributed by atoms with van der Waals surface area (Å²) in [5.41, 5.74) is 3.68. The topological polar surface area (TPSA) is 117 Å². The first kappa shape index (κ1) is 29.4. The van der Waals surface area contributed by atoms with E-state index in [9.17, 15) is 19.1 Å². The Kier molecular flexibility index (Phi) is 11.9. The lowest BCUT2D eigenvalue weighted by atomic mass is 10.1. The number of hydrogen-bond acceptors (Lipinski definition) is 7. The molecule has 38 heavy (non-hydrogen) atoms. The van der Waals surface area contributed by atoms with Gasteiger partial charge in [-0.15, -0.1) is 0 Å². The number of aromatic nitrogens is 2. The van der Waals surface area contributed by atoms with Gasteiger partial charge in [0.15, 0.2) is 0 Å². The van der Waals surface area contributed by atoms with Gasteiger partial charge < -0.3 is 25.4 Å². The average molecular weight is 530 g/mol. The zero-order valence-corrected chi connectivity index (χ0v) is 22.4. The fourth-order valence-electron chi connectivity index (χ4n) is 4.60. The van der Waals surface area contributed by atoms with Crippen molar-refractivity contribution in [2.45, 2.75) is 64.0 Å². The second kappa shape index (κ2) is 15.3. The molecular weight excluding hydrogens is 489 g/mol. The Morgan fingerprint density at radius 3 is 2.76 bits per heavy atom. The van der Waals surface area contributed by atoms with Gasteiger partial charge in [0, 0.05) is 43.8 Å². The molecule has 0 radical (unpaired) electrons. The molecule has 0 spiro atoms. The minimum absolute atomic E-state index is 0.00895. The van der Waals surface area contributed by atoms with Gasteiger partial charge in [0.2, 0.25) is 5.91 Å². The standard InChI is InChI=1S/C28H40FN5O4/c1-20-7-5-10-23(31-20)17-26(35)33-25(28(36)37)13-16-34(19-24(18-29)38-2)15-4-3-9-22-12-11-21-8-6-14-30-27(21)32-22/h5,7,10-12,24-25H,3-4,6,8-9,13-19H2,1-2H3,(H,30,32)(H,33,35)(H,36,37). The summed E-state index contributed by atoms with van der Waals surface area (Å²) in [7, 11) is 1.47. The summed E-state index contributed by atoms with van der Waals surface area (Å²) in [5.74, 6) is -0.509. The van der Waals surface area contributed by atoms with Gasteiger partial charge in [0.25, 0.3) is 0 Å². The fourth-order valence-corrected chi connectivity index (χ4v) is 4.60. The number of unbranched alkanes of at least 4 members (excludes halogenated alkanes) is 1. The lowest BCUT2D eigenvalue weighted by Gasteiger charge is -2.27. The maximum Gasteiger partial charge on any atom is 0.326 e. The molecule has 2 atom stereocenters. The van der Waals surface area contributed by atoms with Crippen molar-refractivity contribution >= 4 is 17.7 Å². The summed E-state index contributed by atoms with van der Waals surface area (Å²) < 4.78 is 18.6. The largest absolute Gasteiger partial charge is 0.480 e. The fraction of sp³-hybridized carbons (Fsp3) is 0.571. The highest BCUT2D eigenvalue weighted by atomic mass is 19.1. The van der Waals surface area contributed by atoms with Crippen molar-refractivity contribution in [3.63, 3.8) is 0 Å². The van der Waals surface area contributed by atoms with Crippen LogP contribution in [-0.2, 0) is 33.6 Å². The van der Waals surface area contributed by atoms with Crippen LogP contribution >= 0.6 is 0 Å². The van der Waals surface area contributed by atoms with Gasteiger partial charge >= 0.3 is 5.97 Å². The first-order valence-electron chi connectivity index (χ1n) is 13.4. The number of carboxylic acids is 1. The molecule has 1 aliphatic heterocycles. The molecule has 3 rings (SSSR count). The van der Waals surface area contributed by atoms with E-state index >= 15 is 0 Å². The minimum atomic E-state index is -1.10. The van der Waals surface area contributed by atoms with Crippen molar-refractivity contribution in [1.82, 2.24) is 20.2 Å². The second-order valence-corrected chi connectivity index (χ2v) is 9.80. The highest BCUT2D eigenvalue weighted by Crippen LogP contribution is 2.20. The van der Waals surface area contributed by atoms with Gasteiger partial charge in [0.05, 0.1) is 12.5 Å². The van der Waals surface area contributed by atoms with Crippen LogP contribution in [0.25, 0.3) is 0 Å². The average Bonchev–Trinajstić information content (AvgIpc) is 2.91. The number of amides is 1. The number of carbonyl (C=O) groups is 2. The number of halogens is 1. The molecule has 0 fully saturated rings. The summed E-state index contributed by atoms with van der Waals surface area (Å²) in [6.45, 7) is 3.57. The number of alkyl halides is 1. The van der Waals surface area contributed by atoms with E-state index in [-0.39, 0.29) is 12.8 Å². The number of nitrogens with one attached hydrogen (secondary N) is 2. The molecule has 3 N–H and O–H groups in total. The van der Waals surface area contributed by atoms with E-state index in [0.717, 1.165) is 55.9 Å². The Bertz CT molecular complexity index is 1050. The number of rotatable bonds is 16. The molecule has 0 bridgehead atoms. The Labute approximate surface area is 224 Å². The number of aryl methyl sites for hydroxylation is 3. The lowest BCUT2D eigenvalue weighted by Crippen LogP contribution is -2.45. The van der Waals surface area contributed by atoms with Crippen LogP contribution in [0, 0.1) is 6.92 Å². The predicted octanol–water partition coefficient (Wildman–Crippen LogP) is 2.95. The SMILES string of the molecule is COC(CF)CN(CCCCc1ccc2c(n1)NCCC2)CCC(NC(=O)Cc1cccc(C)n1)C(=O)O. The van der Waals surface area contributed by atoms with Gasteiger partial charge in [-0.3, -0.25) is 9.78 Å². The number of carboxylic acid groups (broad SMARTS) is 1. The smallest absolute Gasteiger partial charge is 0.326 e. The van der Waals surface area contributed by atoms with Crippen molar-refractivity contribution in [1.29, 1.82) is 0 Å². The van der Waals surface area contributed by atoms with Crippen LogP contribution in [0.2, 0.25) is 0 Å². The van der Waals surface area contributed by atoms with Crippen molar-refractivity contribution in [2.75, 3.05) is 45.3 Å². The molecule has 0 aliphatic carbocycles. The van der Waals surface area contributed by atoms with Crippen LogP contribution in [0.1, 0.15) is 48.3 Å². The Morgan fingerprint density at radius 1 is 1.18 bits per heavy atom. The molecule has 9 nitrogen and oxygen atoms in total. The predicted molar refractivity (Wildman–Crippen MR) is 144 cm³/mol. The number of hydrogen-bond donors (Lipinski definition) is 3. The van der Waals surface area contributed by atoms with Crippen molar-refractivity contribution in [3.8, 4) is 0 Å². The first-order valence-corrected chi connectivity index (χ1v) is 13.4. The molecule has 1 aliphatic rings. The van der Waals surface area contributed by atoms with Gasteiger partial charge in [-0.1, -0.05) is 12.1 Å². The van der Waals surface area contributed by atoms with Gasteiger partial charge in [-0.2, -0.15) is 0 Å². The van der Waals surface area contributed by atoms with E-state index in [1.54, 1.807) is 6.07 Å². The molecule has 0 saturated carbocycles. The first-order chi connectivity index (χ1) is 18.4. The highest BCUT2D eigenvalue weighted by molar-refractivity contribution is 5.84. The molecule has 2 aromatic heterocycles. The van der Waals surface area contributed by atoms with Crippen molar-refractivity contribution in [3.05, 3.63) is 53.0 Å². The normalized spacial score (nSPS) is 14.4. The maximum absolute atomic E-state index is 13.4. The Balaban J connectivity index is 1.50. The molecule has 208 valence electrons. The number of ether oxygens (including phenoxy) is 1. The zero-order chi connectivity index (χ0) is 27.3. The molecule has 2 aromatic rings. The van der Waals surface area contributed by atoms with E-state index in [0.29, 0.717) is 25.3 Å². The molecule has 1 amide bonds. The number of nitrogens with zero attached hydrogens (tertiary/aromatic N) is 3.